The van der Waals surface area contributed by atoms with Gasteiger partial charge in [-0.2, -0.15) is 0 Å². The molecule has 88 valence electrons. The molecule has 1 saturated heterocycles. The molecule has 0 amide bonds. The second-order valence-electron chi connectivity index (χ2n) is 5.28. The van der Waals surface area contributed by atoms with Crippen molar-refractivity contribution in [1.29, 1.82) is 0 Å². The van der Waals surface area contributed by atoms with E-state index in [0.717, 1.165) is 16.9 Å². The highest BCUT2D eigenvalue weighted by Crippen LogP contribution is 2.30. The molecule has 0 bridgehead atoms. The first-order valence-electron chi connectivity index (χ1n) is 6.69. The van der Waals surface area contributed by atoms with Gasteiger partial charge in [-0.25, -0.2) is 0 Å². The molecule has 2 rings (SSSR count). The van der Waals surface area contributed by atoms with E-state index >= 15 is 0 Å². The monoisotopic (exact) mass is 273 g/mol. The lowest BCUT2D eigenvalue weighted by Crippen LogP contribution is -2.49. The Morgan fingerprint density at radius 1 is 0.933 bits per heavy atom. The SMILES string of the molecule is CC1C(Br)CCCN1C1CCCCCC1. The number of hydrogen-bond acceptors (Lipinski definition) is 1. The molecule has 0 aromatic carbocycles. The molecule has 1 nitrogen and oxygen atoms in total. The highest BCUT2D eigenvalue weighted by molar-refractivity contribution is 9.09. The lowest BCUT2D eigenvalue weighted by Gasteiger charge is -2.42. The minimum absolute atomic E-state index is 0.731. The van der Waals surface area contributed by atoms with Crippen LogP contribution in [-0.2, 0) is 0 Å². The van der Waals surface area contributed by atoms with Crippen molar-refractivity contribution in [3.05, 3.63) is 0 Å². The van der Waals surface area contributed by atoms with Crippen molar-refractivity contribution in [2.24, 2.45) is 0 Å². The highest BCUT2D eigenvalue weighted by Gasteiger charge is 2.30. The smallest absolute Gasteiger partial charge is 0.0299 e. The molecule has 0 spiro atoms. The summed E-state index contributed by atoms with van der Waals surface area (Å²) in [6.07, 6.45) is 11.5. The van der Waals surface area contributed by atoms with Crippen molar-refractivity contribution < 1.29 is 0 Å². The predicted molar refractivity (Wildman–Crippen MR) is 69.6 cm³/mol. The summed E-state index contributed by atoms with van der Waals surface area (Å²) >= 11 is 3.84. The highest BCUT2D eigenvalue weighted by atomic mass is 79.9. The van der Waals surface area contributed by atoms with E-state index in [1.54, 1.807) is 0 Å². The summed E-state index contributed by atoms with van der Waals surface area (Å²) in [5, 5.41) is 0. The van der Waals surface area contributed by atoms with Gasteiger partial charge in [0.1, 0.15) is 0 Å². The molecule has 2 atom stereocenters. The number of rotatable bonds is 1. The maximum atomic E-state index is 3.84. The van der Waals surface area contributed by atoms with E-state index in [9.17, 15) is 0 Å². The minimum Gasteiger partial charge on any atom is -0.297 e. The first kappa shape index (κ1) is 11.9. The minimum atomic E-state index is 0.731. The molecule has 1 aliphatic heterocycles. The molecule has 15 heavy (non-hydrogen) atoms. The number of nitrogens with zero attached hydrogens (tertiary/aromatic N) is 1. The largest absolute Gasteiger partial charge is 0.297 e. The summed E-state index contributed by atoms with van der Waals surface area (Å²) in [4.78, 5) is 3.52. The molecule has 2 aliphatic rings. The van der Waals surface area contributed by atoms with Crippen LogP contribution in [0.25, 0.3) is 0 Å². The zero-order valence-electron chi connectivity index (χ0n) is 9.92. The van der Waals surface area contributed by atoms with E-state index in [1.165, 1.54) is 57.9 Å². The van der Waals surface area contributed by atoms with Gasteiger partial charge in [0.25, 0.3) is 0 Å². The Labute approximate surface area is 103 Å². The quantitative estimate of drug-likeness (QED) is 0.517. The lowest BCUT2D eigenvalue weighted by molar-refractivity contribution is 0.101. The van der Waals surface area contributed by atoms with E-state index in [1.807, 2.05) is 0 Å². The molecule has 1 heterocycles. The molecular formula is C13H24BrN. The van der Waals surface area contributed by atoms with Crippen LogP contribution >= 0.6 is 15.9 Å². The normalized spacial score (nSPS) is 36.4. The van der Waals surface area contributed by atoms with Gasteiger partial charge >= 0.3 is 0 Å². The van der Waals surface area contributed by atoms with E-state index < -0.39 is 0 Å². The number of piperidine rings is 1. The third kappa shape index (κ3) is 2.97. The fourth-order valence-electron chi connectivity index (χ4n) is 3.23. The van der Waals surface area contributed by atoms with Crippen LogP contribution in [0.2, 0.25) is 0 Å². The summed E-state index contributed by atoms with van der Waals surface area (Å²) < 4.78 is 0. The van der Waals surface area contributed by atoms with Crippen LogP contribution in [0.4, 0.5) is 0 Å². The van der Waals surface area contributed by atoms with Gasteiger partial charge in [0.15, 0.2) is 0 Å². The first-order chi connectivity index (χ1) is 7.29. The lowest BCUT2D eigenvalue weighted by atomic mass is 9.97. The van der Waals surface area contributed by atoms with E-state index in [2.05, 4.69) is 27.8 Å². The molecule has 1 saturated carbocycles. The number of alkyl halides is 1. The number of hydrogen-bond donors (Lipinski definition) is 0. The second-order valence-corrected chi connectivity index (χ2v) is 6.46. The average Bonchev–Trinajstić information content (AvgIpc) is 2.50. The second kappa shape index (κ2) is 5.67. The topological polar surface area (TPSA) is 3.24 Å². The Kier molecular flexibility index (Phi) is 4.51. The van der Waals surface area contributed by atoms with Crippen molar-refractivity contribution in [2.45, 2.75) is 75.2 Å². The van der Waals surface area contributed by atoms with E-state index in [-0.39, 0.29) is 0 Å². The van der Waals surface area contributed by atoms with E-state index in [4.69, 9.17) is 0 Å². The molecule has 2 fully saturated rings. The summed E-state index contributed by atoms with van der Waals surface area (Å²) in [6.45, 7) is 3.75. The summed E-state index contributed by atoms with van der Waals surface area (Å²) in [5.74, 6) is 0. The van der Waals surface area contributed by atoms with Crippen LogP contribution in [0.1, 0.15) is 58.3 Å². The van der Waals surface area contributed by atoms with Gasteiger partial charge in [0.05, 0.1) is 0 Å². The van der Waals surface area contributed by atoms with Gasteiger partial charge in [0, 0.05) is 16.9 Å². The molecule has 0 radical (unpaired) electrons. The Morgan fingerprint density at radius 2 is 1.60 bits per heavy atom. The fourth-order valence-corrected chi connectivity index (χ4v) is 3.85. The predicted octanol–water partition coefficient (Wildman–Crippen LogP) is 3.96. The van der Waals surface area contributed by atoms with Gasteiger partial charge in [0.2, 0.25) is 0 Å². The Hall–Kier alpha value is 0.440. The van der Waals surface area contributed by atoms with Crippen molar-refractivity contribution in [3.63, 3.8) is 0 Å². The number of halogens is 1. The molecule has 1 aliphatic carbocycles. The van der Waals surface area contributed by atoms with Crippen molar-refractivity contribution in [1.82, 2.24) is 4.90 Å². The van der Waals surface area contributed by atoms with Crippen LogP contribution < -0.4 is 0 Å². The number of likely N-dealkylation sites (tertiary alicyclic amines) is 1. The van der Waals surface area contributed by atoms with Gasteiger partial charge in [-0.1, -0.05) is 41.6 Å². The van der Waals surface area contributed by atoms with Crippen molar-refractivity contribution >= 4 is 15.9 Å². The summed E-state index contributed by atoms with van der Waals surface area (Å²) in [5.41, 5.74) is 0. The zero-order chi connectivity index (χ0) is 10.7. The molecular weight excluding hydrogens is 250 g/mol. The van der Waals surface area contributed by atoms with Gasteiger partial charge in [-0.05, 0) is 39.2 Å². The Balaban J connectivity index is 1.94. The Bertz CT molecular complexity index is 187. The summed E-state index contributed by atoms with van der Waals surface area (Å²) in [7, 11) is 0. The van der Waals surface area contributed by atoms with Crippen molar-refractivity contribution in [3.8, 4) is 0 Å². The van der Waals surface area contributed by atoms with Gasteiger partial charge < -0.3 is 0 Å². The molecule has 2 unspecified atom stereocenters. The maximum Gasteiger partial charge on any atom is 0.0299 e. The molecule has 2 heteroatoms. The third-order valence-electron chi connectivity index (χ3n) is 4.24. The molecule has 0 aromatic rings. The molecule has 0 aromatic heterocycles. The average molecular weight is 274 g/mol. The van der Waals surface area contributed by atoms with Crippen LogP contribution in [-0.4, -0.2) is 28.4 Å². The van der Waals surface area contributed by atoms with Crippen LogP contribution in [0.5, 0.6) is 0 Å². The van der Waals surface area contributed by atoms with Gasteiger partial charge in [-0.15, -0.1) is 0 Å². The van der Waals surface area contributed by atoms with Gasteiger partial charge in [-0.3, -0.25) is 4.90 Å². The first-order valence-corrected chi connectivity index (χ1v) is 7.60. The maximum absolute atomic E-state index is 3.84. The van der Waals surface area contributed by atoms with Crippen LogP contribution in [0.15, 0.2) is 0 Å². The standard InChI is InChI=1S/C13H24BrN/c1-11-13(14)9-6-10-15(11)12-7-4-2-3-5-8-12/h11-13H,2-10H2,1H3. The van der Waals surface area contributed by atoms with E-state index in [0.29, 0.717) is 0 Å². The van der Waals surface area contributed by atoms with Crippen molar-refractivity contribution in [2.75, 3.05) is 6.54 Å². The third-order valence-corrected chi connectivity index (χ3v) is 5.46. The fraction of sp³-hybridized carbons (Fsp3) is 1.00. The van der Waals surface area contributed by atoms with Crippen LogP contribution in [0, 0.1) is 0 Å². The van der Waals surface area contributed by atoms with Crippen LogP contribution in [0.3, 0.4) is 0 Å². The zero-order valence-corrected chi connectivity index (χ0v) is 11.5. The molecule has 0 N–H and O–H groups in total. The summed E-state index contributed by atoms with van der Waals surface area (Å²) in [6, 6.07) is 1.64. The Morgan fingerprint density at radius 3 is 2.27 bits per heavy atom.